The number of anilines is 2. The number of nitrogens with zero attached hydrogens (tertiary/aromatic N) is 2. The predicted molar refractivity (Wildman–Crippen MR) is 94.4 cm³/mol. The highest BCUT2D eigenvalue weighted by Crippen LogP contribution is 2.44. The van der Waals surface area contributed by atoms with Gasteiger partial charge in [-0.3, -0.25) is 0 Å². The quantitative estimate of drug-likeness (QED) is 0.804. The van der Waals surface area contributed by atoms with Gasteiger partial charge >= 0.3 is 0 Å². The zero-order valence-corrected chi connectivity index (χ0v) is 14.7. The maximum Gasteiger partial charge on any atom is 0.200 e. The van der Waals surface area contributed by atoms with E-state index in [2.05, 4.69) is 5.32 Å². The summed E-state index contributed by atoms with van der Waals surface area (Å²) in [5, 5.41) is 21.9. The Hall–Kier alpha value is -3.45. The molecule has 0 aliphatic heterocycles. The van der Waals surface area contributed by atoms with Crippen LogP contribution in [0.4, 0.5) is 15.8 Å². The van der Waals surface area contributed by atoms with Gasteiger partial charge in [0.15, 0.2) is 11.6 Å². The van der Waals surface area contributed by atoms with Crippen molar-refractivity contribution in [2.24, 2.45) is 0 Å². The fraction of sp³-hybridized carbons (Fsp3) is 0.263. The average Bonchev–Trinajstić information content (AvgIpc) is 2.66. The van der Waals surface area contributed by atoms with Crippen molar-refractivity contribution in [1.29, 1.82) is 10.5 Å². The van der Waals surface area contributed by atoms with Crippen LogP contribution in [0.25, 0.3) is 0 Å². The molecule has 0 unspecified atom stereocenters. The van der Waals surface area contributed by atoms with Gasteiger partial charge in [0.05, 0.1) is 20.3 Å². The number of nitrogens with one attached hydrogen (secondary N) is 1. The molecule has 0 amide bonds. The molecule has 1 N–H and O–H groups in total. The molecule has 0 aliphatic rings. The molecule has 0 aliphatic carbocycles. The summed E-state index contributed by atoms with van der Waals surface area (Å²) in [6, 6.07) is 10.5. The Bertz CT molecular complexity index is 868. The lowest BCUT2D eigenvalue weighted by atomic mass is 10.0. The Morgan fingerprint density at radius 2 is 1.54 bits per heavy atom. The summed E-state index contributed by atoms with van der Waals surface area (Å²) in [4.78, 5) is 0. The first-order valence-corrected chi connectivity index (χ1v) is 7.97. The third-order valence-corrected chi connectivity index (χ3v) is 3.51. The highest BCUT2D eigenvalue weighted by Gasteiger charge is 2.27. The molecule has 7 heteroatoms. The van der Waals surface area contributed by atoms with E-state index in [0.717, 1.165) is 0 Å². The maximum absolute atomic E-state index is 14.7. The van der Waals surface area contributed by atoms with Crippen molar-refractivity contribution >= 4 is 11.4 Å². The molecule has 0 fully saturated rings. The van der Waals surface area contributed by atoms with Gasteiger partial charge in [-0.15, -0.1) is 0 Å². The second-order valence-corrected chi connectivity index (χ2v) is 5.04. The Labute approximate surface area is 151 Å². The van der Waals surface area contributed by atoms with Crippen LogP contribution in [-0.4, -0.2) is 20.3 Å². The molecule has 2 aromatic carbocycles. The molecule has 0 heterocycles. The topological polar surface area (TPSA) is 87.3 Å². The summed E-state index contributed by atoms with van der Waals surface area (Å²) < 4.78 is 30.7. The largest absolute Gasteiger partial charge is 0.497 e. The second kappa shape index (κ2) is 8.59. The first-order chi connectivity index (χ1) is 12.6. The molecule has 0 aromatic heterocycles. The van der Waals surface area contributed by atoms with E-state index in [9.17, 15) is 14.9 Å². The fourth-order valence-electron chi connectivity index (χ4n) is 2.39. The Morgan fingerprint density at radius 1 is 0.962 bits per heavy atom. The van der Waals surface area contributed by atoms with E-state index in [0.29, 0.717) is 11.4 Å². The van der Waals surface area contributed by atoms with Crippen LogP contribution in [0.5, 0.6) is 17.2 Å². The van der Waals surface area contributed by atoms with Crippen LogP contribution >= 0.6 is 0 Å². The van der Waals surface area contributed by atoms with Gasteiger partial charge in [0.1, 0.15) is 34.7 Å². The fourth-order valence-corrected chi connectivity index (χ4v) is 2.39. The van der Waals surface area contributed by atoms with Gasteiger partial charge in [0.25, 0.3) is 0 Å². The van der Waals surface area contributed by atoms with Crippen LogP contribution in [-0.2, 0) is 0 Å². The van der Waals surface area contributed by atoms with Crippen molar-refractivity contribution in [2.45, 2.75) is 13.8 Å². The van der Waals surface area contributed by atoms with Gasteiger partial charge in [0.2, 0.25) is 5.75 Å². The smallest absolute Gasteiger partial charge is 0.200 e. The maximum atomic E-state index is 14.7. The molecule has 2 aromatic rings. The molecule has 6 nitrogen and oxygen atoms in total. The van der Waals surface area contributed by atoms with Gasteiger partial charge in [-0.25, -0.2) is 4.39 Å². The van der Waals surface area contributed by atoms with E-state index in [-0.39, 0.29) is 36.0 Å². The van der Waals surface area contributed by atoms with Gasteiger partial charge in [-0.1, -0.05) is 0 Å². The number of benzene rings is 2. The minimum atomic E-state index is -0.908. The van der Waals surface area contributed by atoms with Crippen molar-refractivity contribution in [3.05, 3.63) is 41.2 Å². The third-order valence-electron chi connectivity index (χ3n) is 3.51. The van der Waals surface area contributed by atoms with E-state index < -0.39 is 11.4 Å². The van der Waals surface area contributed by atoms with Gasteiger partial charge in [0, 0.05) is 5.69 Å². The number of methoxy groups -OCH3 is 1. The lowest BCUT2D eigenvalue weighted by molar-refractivity contribution is 0.276. The minimum absolute atomic E-state index is 0.0539. The van der Waals surface area contributed by atoms with Crippen molar-refractivity contribution in [1.82, 2.24) is 0 Å². The Morgan fingerprint density at radius 3 is 2.04 bits per heavy atom. The van der Waals surface area contributed by atoms with E-state index in [1.165, 1.54) is 0 Å². The highest BCUT2D eigenvalue weighted by atomic mass is 19.1. The summed E-state index contributed by atoms with van der Waals surface area (Å²) in [6.45, 7) is 3.83. The van der Waals surface area contributed by atoms with Gasteiger partial charge in [-0.2, -0.15) is 10.5 Å². The van der Waals surface area contributed by atoms with Crippen molar-refractivity contribution in [3.8, 4) is 29.4 Å². The first kappa shape index (κ1) is 18.9. The summed E-state index contributed by atoms with van der Waals surface area (Å²) in [6.07, 6.45) is 0. The molecule has 0 saturated carbocycles. The number of ether oxygens (including phenoxy) is 3. The summed E-state index contributed by atoms with van der Waals surface area (Å²) in [5.74, 6) is -0.387. The van der Waals surface area contributed by atoms with Crippen LogP contribution in [0, 0.1) is 28.5 Å². The Balaban J connectivity index is 2.68. The lowest BCUT2D eigenvalue weighted by Gasteiger charge is -2.19. The molecule has 134 valence electrons. The molecule has 0 radical (unpaired) electrons. The summed E-state index contributed by atoms with van der Waals surface area (Å²) in [5.41, 5.74) is 0.255. The van der Waals surface area contributed by atoms with Crippen molar-refractivity contribution in [2.75, 3.05) is 25.6 Å². The zero-order chi connectivity index (χ0) is 19.1. The standard InChI is InChI=1S/C19H18FN3O3/c1-4-25-18-16(20)14(10-21)15(11-22)17(19(18)26-5-2)23-12-6-8-13(24-3)9-7-12/h6-9,23H,4-5H2,1-3H3. The first-order valence-electron chi connectivity index (χ1n) is 7.97. The number of nitriles is 2. The lowest BCUT2D eigenvalue weighted by Crippen LogP contribution is -2.08. The monoisotopic (exact) mass is 355 g/mol. The number of rotatable bonds is 7. The SMILES string of the molecule is CCOc1c(F)c(C#N)c(C#N)c(Nc2ccc(OC)cc2)c1OCC. The molecule has 26 heavy (non-hydrogen) atoms. The van der Waals surface area contributed by atoms with E-state index >= 15 is 0 Å². The molecule has 0 spiro atoms. The Kier molecular flexibility index (Phi) is 6.24. The molecular weight excluding hydrogens is 337 g/mol. The van der Waals surface area contributed by atoms with Crippen LogP contribution in [0.2, 0.25) is 0 Å². The zero-order valence-electron chi connectivity index (χ0n) is 14.7. The third kappa shape index (κ3) is 3.62. The van der Waals surface area contributed by atoms with E-state index in [1.54, 1.807) is 51.3 Å². The van der Waals surface area contributed by atoms with Crippen LogP contribution in [0.15, 0.2) is 24.3 Å². The number of hydrogen-bond acceptors (Lipinski definition) is 6. The van der Waals surface area contributed by atoms with Gasteiger partial charge < -0.3 is 19.5 Å². The van der Waals surface area contributed by atoms with Crippen LogP contribution in [0.3, 0.4) is 0 Å². The normalized spacial score (nSPS) is 9.77. The molecule has 0 saturated heterocycles. The highest BCUT2D eigenvalue weighted by molar-refractivity contribution is 5.80. The van der Waals surface area contributed by atoms with Crippen molar-refractivity contribution < 1.29 is 18.6 Å². The van der Waals surface area contributed by atoms with Crippen LogP contribution in [0.1, 0.15) is 25.0 Å². The van der Waals surface area contributed by atoms with Gasteiger partial charge in [-0.05, 0) is 38.1 Å². The summed E-state index contributed by atoms with van der Waals surface area (Å²) in [7, 11) is 1.55. The molecule has 0 bridgehead atoms. The molecular formula is C19H18FN3O3. The molecule has 0 atom stereocenters. The van der Waals surface area contributed by atoms with Crippen LogP contribution < -0.4 is 19.5 Å². The number of halogens is 1. The number of hydrogen-bond donors (Lipinski definition) is 1. The minimum Gasteiger partial charge on any atom is -0.497 e. The van der Waals surface area contributed by atoms with Crippen molar-refractivity contribution in [3.63, 3.8) is 0 Å². The average molecular weight is 355 g/mol. The van der Waals surface area contributed by atoms with E-state index in [1.807, 2.05) is 6.07 Å². The van der Waals surface area contributed by atoms with E-state index in [4.69, 9.17) is 14.2 Å². The second-order valence-electron chi connectivity index (χ2n) is 5.04. The molecule has 2 rings (SSSR count). The summed E-state index contributed by atoms with van der Waals surface area (Å²) >= 11 is 0. The predicted octanol–water partition coefficient (Wildman–Crippen LogP) is 4.12.